The molecule has 40 heavy (non-hydrogen) atoms. The molecule has 1 aromatic carbocycles. The predicted octanol–water partition coefficient (Wildman–Crippen LogP) is 1.58. The number of nitrogens with zero attached hydrogens (tertiary/aromatic N) is 5. The number of urea groups is 1. The highest BCUT2D eigenvalue weighted by molar-refractivity contribution is 6.07. The van der Waals surface area contributed by atoms with E-state index < -0.39 is 30.3 Å². The number of imide groups is 1. The van der Waals surface area contributed by atoms with Gasteiger partial charge in [0, 0.05) is 50.5 Å². The first-order chi connectivity index (χ1) is 19.3. The molecule has 5 amide bonds. The molecule has 1 atom stereocenters. The molecule has 0 unspecified atom stereocenters. The lowest BCUT2D eigenvalue weighted by Crippen LogP contribution is -2.52. The van der Waals surface area contributed by atoms with Gasteiger partial charge in [0.15, 0.2) is 12.3 Å². The van der Waals surface area contributed by atoms with Crippen molar-refractivity contribution >= 4 is 35.4 Å². The van der Waals surface area contributed by atoms with Gasteiger partial charge in [0.05, 0.1) is 13.7 Å². The molecule has 0 bridgehead atoms. The molecule has 2 saturated heterocycles. The molecule has 0 spiro atoms. The number of benzene rings is 1. The van der Waals surface area contributed by atoms with E-state index in [1.54, 1.807) is 55.9 Å². The number of ether oxygens (including phenoxy) is 2. The standard InChI is InChI=1S/C27H30N6O7/c1-30-9-11-32(12-10-30)26(37)39-18-33-24(35)27(29-25(33)36,23-13-20-14-28-8-7-22(20)40-23)16-31(17-34)15-19-3-5-21(38-2)6-4-19/h3-8,13-14,17H,9-12,15-16,18H2,1-2H3,(H,29,36)/t27-/m0/s1. The van der Waals surface area contributed by atoms with Crippen molar-refractivity contribution < 1.29 is 33.1 Å². The lowest BCUT2D eigenvalue weighted by atomic mass is 9.94. The number of likely N-dealkylation sites (N-methyl/N-ethyl adjacent to an activating group) is 1. The molecule has 2 aliphatic heterocycles. The summed E-state index contributed by atoms with van der Waals surface area (Å²) in [5.74, 6) is 0.0781. The van der Waals surface area contributed by atoms with Crippen LogP contribution in [0.4, 0.5) is 9.59 Å². The minimum atomic E-state index is -1.76. The van der Waals surface area contributed by atoms with E-state index in [0.717, 1.165) is 10.5 Å². The minimum absolute atomic E-state index is 0.128. The van der Waals surface area contributed by atoms with Gasteiger partial charge < -0.3 is 33.9 Å². The first-order valence-electron chi connectivity index (χ1n) is 12.7. The van der Waals surface area contributed by atoms with Crippen LogP contribution in [-0.2, 0) is 26.4 Å². The number of carbonyl (C=O) groups is 4. The number of carbonyl (C=O) groups excluding carboxylic acids is 4. The third kappa shape index (κ3) is 5.27. The van der Waals surface area contributed by atoms with E-state index in [4.69, 9.17) is 13.9 Å². The maximum absolute atomic E-state index is 13.9. The molecule has 5 rings (SSSR count). The van der Waals surface area contributed by atoms with E-state index in [0.29, 0.717) is 49.3 Å². The number of aromatic nitrogens is 1. The number of hydrogen-bond acceptors (Lipinski definition) is 9. The summed E-state index contributed by atoms with van der Waals surface area (Å²) in [6.45, 7) is 1.68. The molecule has 0 saturated carbocycles. The number of fused-ring (bicyclic) bond motifs is 1. The van der Waals surface area contributed by atoms with Crippen molar-refractivity contribution in [2.75, 3.05) is 53.6 Å². The molecule has 2 fully saturated rings. The van der Waals surface area contributed by atoms with Gasteiger partial charge in [-0.05, 0) is 36.9 Å². The number of pyridine rings is 1. The van der Waals surface area contributed by atoms with Gasteiger partial charge in [0.2, 0.25) is 6.41 Å². The van der Waals surface area contributed by atoms with Gasteiger partial charge in [-0.25, -0.2) is 14.5 Å². The molecule has 13 heteroatoms. The minimum Gasteiger partial charge on any atom is -0.497 e. The molecule has 2 aromatic heterocycles. The van der Waals surface area contributed by atoms with Gasteiger partial charge in [-0.1, -0.05) is 12.1 Å². The zero-order valence-corrected chi connectivity index (χ0v) is 22.2. The number of piperazine rings is 1. The Morgan fingerprint density at radius 3 is 2.60 bits per heavy atom. The summed E-state index contributed by atoms with van der Waals surface area (Å²) < 4.78 is 16.5. The summed E-state index contributed by atoms with van der Waals surface area (Å²) in [6.07, 6.45) is 3.10. The van der Waals surface area contributed by atoms with E-state index >= 15 is 0 Å². The van der Waals surface area contributed by atoms with Crippen molar-refractivity contribution in [1.82, 2.24) is 29.9 Å². The summed E-state index contributed by atoms with van der Waals surface area (Å²) in [4.78, 5) is 61.8. The van der Waals surface area contributed by atoms with Crippen LogP contribution in [0, 0.1) is 0 Å². The zero-order valence-electron chi connectivity index (χ0n) is 22.2. The second kappa shape index (κ2) is 11.2. The average Bonchev–Trinajstić information content (AvgIpc) is 3.51. The fourth-order valence-electron chi connectivity index (χ4n) is 4.79. The summed E-state index contributed by atoms with van der Waals surface area (Å²) in [7, 11) is 3.52. The second-order valence-corrected chi connectivity index (χ2v) is 9.78. The first-order valence-corrected chi connectivity index (χ1v) is 12.7. The Bertz CT molecular complexity index is 1370. The van der Waals surface area contributed by atoms with E-state index in [1.165, 1.54) is 9.80 Å². The molecule has 1 N–H and O–H groups in total. The van der Waals surface area contributed by atoms with Crippen molar-refractivity contribution in [1.29, 1.82) is 0 Å². The fourth-order valence-corrected chi connectivity index (χ4v) is 4.79. The van der Waals surface area contributed by atoms with Crippen LogP contribution in [0.1, 0.15) is 11.3 Å². The Kier molecular flexibility index (Phi) is 7.56. The quantitative estimate of drug-likeness (QED) is 0.311. The summed E-state index contributed by atoms with van der Waals surface area (Å²) in [5.41, 5.74) is -0.519. The van der Waals surface area contributed by atoms with Crippen molar-refractivity contribution in [3.8, 4) is 5.75 Å². The maximum Gasteiger partial charge on any atom is 0.411 e. The Balaban J connectivity index is 1.40. The number of methoxy groups -OCH3 is 1. The summed E-state index contributed by atoms with van der Waals surface area (Å²) in [6, 6.07) is 9.60. The van der Waals surface area contributed by atoms with E-state index in [-0.39, 0.29) is 18.8 Å². The van der Waals surface area contributed by atoms with Crippen LogP contribution < -0.4 is 10.1 Å². The topological polar surface area (TPSA) is 138 Å². The lowest BCUT2D eigenvalue weighted by molar-refractivity contribution is -0.136. The van der Waals surface area contributed by atoms with Gasteiger partial charge in [-0.3, -0.25) is 14.6 Å². The molecule has 210 valence electrons. The Morgan fingerprint density at radius 2 is 1.93 bits per heavy atom. The smallest absolute Gasteiger partial charge is 0.411 e. The van der Waals surface area contributed by atoms with Crippen molar-refractivity contribution in [2.45, 2.75) is 12.1 Å². The van der Waals surface area contributed by atoms with Gasteiger partial charge in [-0.15, -0.1) is 0 Å². The van der Waals surface area contributed by atoms with Crippen LogP contribution in [0.3, 0.4) is 0 Å². The van der Waals surface area contributed by atoms with Crippen LogP contribution in [-0.4, -0.2) is 103 Å². The van der Waals surface area contributed by atoms with Crippen molar-refractivity contribution in [3.05, 3.63) is 60.1 Å². The largest absolute Gasteiger partial charge is 0.497 e. The van der Waals surface area contributed by atoms with Crippen molar-refractivity contribution in [3.63, 3.8) is 0 Å². The van der Waals surface area contributed by atoms with Crippen LogP contribution in [0.15, 0.2) is 53.2 Å². The molecule has 0 aliphatic carbocycles. The molecule has 4 heterocycles. The Labute approximate surface area is 230 Å². The van der Waals surface area contributed by atoms with Crippen LogP contribution in [0.5, 0.6) is 5.75 Å². The van der Waals surface area contributed by atoms with Crippen LogP contribution in [0.2, 0.25) is 0 Å². The maximum atomic E-state index is 13.9. The highest BCUT2D eigenvalue weighted by atomic mass is 16.6. The van der Waals surface area contributed by atoms with Gasteiger partial charge in [0.1, 0.15) is 17.1 Å². The third-order valence-electron chi connectivity index (χ3n) is 7.13. The Hall–Kier alpha value is -4.65. The average molecular weight is 551 g/mol. The summed E-state index contributed by atoms with van der Waals surface area (Å²) in [5, 5.41) is 3.33. The monoisotopic (exact) mass is 550 g/mol. The third-order valence-corrected chi connectivity index (χ3v) is 7.13. The molecular formula is C27H30N6O7. The highest BCUT2D eigenvalue weighted by Crippen LogP contribution is 2.34. The Morgan fingerprint density at radius 1 is 1.18 bits per heavy atom. The molecule has 2 aliphatic rings. The lowest BCUT2D eigenvalue weighted by Gasteiger charge is -2.32. The molecular weight excluding hydrogens is 520 g/mol. The number of hydrogen-bond donors (Lipinski definition) is 1. The second-order valence-electron chi connectivity index (χ2n) is 9.78. The van der Waals surface area contributed by atoms with Crippen molar-refractivity contribution in [2.24, 2.45) is 0 Å². The fraction of sp³-hybridized carbons (Fsp3) is 0.370. The predicted molar refractivity (Wildman–Crippen MR) is 141 cm³/mol. The van der Waals surface area contributed by atoms with Crippen LogP contribution >= 0.6 is 0 Å². The number of nitrogens with one attached hydrogen (secondary N) is 1. The molecule has 3 aromatic rings. The number of furan rings is 1. The van der Waals surface area contributed by atoms with Gasteiger partial charge in [-0.2, -0.15) is 0 Å². The van der Waals surface area contributed by atoms with Crippen LogP contribution in [0.25, 0.3) is 11.0 Å². The van der Waals surface area contributed by atoms with E-state index in [2.05, 4.69) is 15.2 Å². The highest BCUT2D eigenvalue weighted by Gasteiger charge is 2.56. The number of amides is 5. The zero-order chi connectivity index (χ0) is 28.3. The van der Waals surface area contributed by atoms with E-state index in [9.17, 15) is 19.2 Å². The molecule has 13 nitrogen and oxygen atoms in total. The first kappa shape index (κ1) is 26.9. The van der Waals surface area contributed by atoms with Gasteiger partial charge >= 0.3 is 12.1 Å². The normalized spacial score (nSPS) is 19.6. The number of rotatable bonds is 9. The SMILES string of the molecule is COc1ccc(CN(C=O)C[C@@]2(c3cc4cnccc4o3)NC(=O)N(COC(=O)N3CCN(C)CC3)C2=O)cc1. The summed E-state index contributed by atoms with van der Waals surface area (Å²) >= 11 is 0. The molecule has 0 radical (unpaired) electrons. The van der Waals surface area contributed by atoms with E-state index in [1.807, 2.05) is 7.05 Å². The van der Waals surface area contributed by atoms with Gasteiger partial charge in [0.25, 0.3) is 5.91 Å².